The number of fused-ring (bicyclic) bond motifs is 2. The van der Waals surface area contributed by atoms with Gasteiger partial charge in [-0.3, -0.25) is 9.11 Å². The summed E-state index contributed by atoms with van der Waals surface area (Å²) in [7, 11) is -0.684. The predicted octanol–water partition coefficient (Wildman–Crippen LogP) is 1.36. The highest BCUT2D eigenvalue weighted by molar-refractivity contribution is 7.84. The van der Waals surface area contributed by atoms with E-state index >= 15 is 0 Å². The maximum absolute atomic E-state index is 11.5. The number of hydrogen-bond acceptors (Lipinski definition) is 3. The first-order valence-corrected chi connectivity index (χ1v) is 8.55. The molecule has 0 amide bonds. The summed E-state index contributed by atoms with van der Waals surface area (Å²) in [6.45, 7) is 6.42. The number of hydrogen-bond donors (Lipinski definition) is 1. The van der Waals surface area contributed by atoms with Crippen LogP contribution in [0.1, 0.15) is 39.5 Å². The topological polar surface area (TPSA) is 32.3 Å². The van der Waals surface area contributed by atoms with Crippen LogP contribution < -0.4 is 5.32 Å². The molecule has 0 aromatic heterocycles. The van der Waals surface area contributed by atoms with E-state index in [1.807, 2.05) is 6.26 Å². The van der Waals surface area contributed by atoms with Gasteiger partial charge in [-0.25, -0.2) is 0 Å². The Bertz CT molecular complexity index is 271. The molecule has 0 saturated carbocycles. The zero-order valence-electron chi connectivity index (χ0n) is 11.3. The Morgan fingerprint density at radius 1 is 1.35 bits per heavy atom. The van der Waals surface area contributed by atoms with Crippen molar-refractivity contribution in [3.63, 3.8) is 0 Å². The van der Waals surface area contributed by atoms with Crippen molar-refractivity contribution in [2.45, 2.75) is 62.9 Å². The third-order valence-corrected chi connectivity index (χ3v) is 5.69. The first-order chi connectivity index (χ1) is 8.11. The van der Waals surface area contributed by atoms with E-state index in [9.17, 15) is 4.21 Å². The molecule has 0 aromatic rings. The second-order valence-corrected chi connectivity index (χ2v) is 7.42. The van der Waals surface area contributed by atoms with Crippen LogP contribution in [-0.2, 0) is 10.8 Å². The maximum Gasteiger partial charge on any atom is 0.0444 e. The summed E-state index contributed by atoms with van der Waals surface area (Å²) in [6.07, 6.45) is 7.09. The highest BCUT2D eigenvalue weighted by Gasteiger charge is 2.40. The predicted molar refractivity (Wildman–Crippen MR) is 73.7 cm³/mol. The maximum atomic E-state index is 11.5. The second-order valence-electron chi connectivity index (χ2n) is 5.62. The van der Waals surface area contributed by atoms with E-state index in [0.717, 1.165) is 31.2 Å². The average Bonchev–Trinajstić information content (AvgIpc) is 2.52. The van der Waals surface area contributed by atoms with E-state index < -0.39 is 10.8 Å². The monoisotopic (exact) mass is 258 g/mol. The molecule has 2 fully saturated rings. The van der Waals surface area contributed by atoms with Crippen LogP contribution in [0.15, 0.2) is 0 Å². The van der Waals surface area contributed by atoms with Gasteiger partial charge < -0.3 is 5.32 Å². The Labute approximate surface area is 108 Å². The Morgan fingerprint density at radius 3 is 2.41 bits per heavy atom. The van der Waals surface area contributed by atoms with Crippen molar-refractivity contribution in [3.05, 3.63) is 0 Å². The molecular formula is C13H26N2OS. The summed E-state index contributed by atoms with van der Waals surface area (Å²) in [5, 5.41) is 3.91. The highest BCUT2D eigenvalue weighted by Crippen LogP contribution is 2.35. The molecule has 2 rings (SSSR count). The van der Waals surface area contributed by atoms with Gasteiger partial charge in [0.1, 0.15) is 0 Å². The van der Waals surface area contributed by atoms with Gasteiger partial charge in [-0.15, -0.1) is 0 Å². The van der Waals surface area contributed by atoms with Gasteiger partial charge >= 0.3 is 0 Å². The fourth-order valence-corrected chi connectivity index (χ4v) is 3.81. The van der Waals surface area contributed by atoms with E-state index in [0.29, 0.717) is 5.25 Å². The number of piperidine rings is 1. The lowest BCUT2D eigenvalue weighted by molar-refractivity contribution is 0.119. The van der Waals surface area contributed by atoms with Gasteiger partial charge in [0.05, 0.1) is 0 Å². The van der Waals surface area contributed by atoms with Crippen LogP contribution >= 0.6 is 0 Å². The zero-order valence-corrected chi connectivity index (χ0v) is 12.1. The number of nitrogens with one attached hydrogen (secondary N) is 1. The van der Waals surface area contributed by atoms with Gasteiger partial charge in [0.2, 0.25) is 0 Å². The molecule has 0 spiro atoms. The van der Waals surface area contributed by atoms with Crippen molar-refractivity contribution < 1.29 is 4.21 Å². The van der Waals surface area contributed by atoms with Gasteiger partial charge in [-0.1, -0.05) is 6.92 Å². The van der Waals surface area contributed by atoms with Crippen LogP contribution in [0, 0.1) is 0 Å². The summed E-state index contributed by atoms with van der Waals surface area (Å²) < 4.78 is 11.5. The van der Waals surface area contributed by atoms with Crippen LogP contribution in [0.25, 0.3) is 0 Å². The normalized spacial score (nSPS) is 37.0. The van der Waals surface area contributed by atoms with Crippen molar-refractivity contribution in [3.8, 4) is 0 Å². The van der Waals surface area contributed by atoms with E-state index in [1.54, 1.807) is 0 Å². The first-order valence-electron chi connectivity index (χ1n) is 6.93. The minimum absolute atomic E-state index is 0.314. The molecular weight excluding hydrogens is 232 g/mol. The molecule has 2 aliphatic rings. The lowest BCUT2D eigenvalue weighted by Gasteiger charge is -2.40. The average molecular weight is 258 g/mol. The lowest BCUT2D eigenvalue weighted by atomic mass is 9.97. The summed E-state index contributed by atoms with van der Waals surface area (Å²) in [5.74, 6) is 0. The third-order valence-electron chi connectivity index (χ3n) is 4.41. The molecule has 2 heterocycles. The SMILES string of the molecule is CCNC1CC2CCC(C1)N2CC(C)S(C)=O. The van der Waals surface area contributed by atoms with Crippen molar-refractivity contribution in [2.75, 3.05) is 19.3 Å². The first kappa shape index (κ1) is 13.5. The van der Waals surface area contributed by atoms with E-state index in [2.05, 4.69) is 24.1 Å². The lowest BCUT2D eigenvalue weighted by Crippen LogP contribution is -2.51. The Morgan fingerprint density at radius 2 is 1.94 bits per heavy atom. The van der Waals surface area contributed by atoms with Gasteiger partial charge in [0.25, 0.3) is 0 Å². The van der Waals surface area contributed by atoms with Crippen molar-refractivity contribution >= 4 is 10.8 Å². The largest absolute Gasteiger partial charge is 0.314 e. The summed E-state index contributed by atoms with van der Waals surface area (Å²) in [5.41, 5.74) is 0. The van der Waals surface area contributed by atoms with Gasteiger partial charge in [0, 0.05) is 47.0 Å². The zero-order chi connectivity index (χ0) is 12.4. The molecule has 17 heavy (non-hydrogen) atoms. The van der Waals surface area contributed by atoms with Crippen LogP contribution in [-0.4, -0.2) is 51.8 Å². The molecule has 0 radical (unpaired) electrons. The Balaban J connectivity index is 1.92. The molecule has 0 aliphatic carbocycles. The molecule has 1 N–H and O–H groups in total. The molecule has 4 heteroatoms. The van der Waals surface area contributed by atoms with Crippen LogP contribution in [0.5, 0.6) is 0 Å². The van der Waals surface area contributed by atoms with E-state index in [-0.39, 0.29) is 0 Å². The quantitative estimate of drug-likeness (QED) is 0.808. The van der Waals surface area contributed by atoms with Crippen LogP contribution in [0.3, 0.4) is 0 Å². The molecule has 3 nitrogen and oxygen atoms in total. The molecule has 100 valence electrons. The summed E-state index contributed by atoms with van der Waals surface area (Å²) >= 11 is 0. The van der Waals surface area contributed by atoms with Gasteiger partial charge in [-0.2, -0.15) is 0 Å². The Hall–Kier alpha value is 0.0700. The van der Waals surface area contributed by atoms with E-state index in [1.165, 1.54) is 25.7 Å². The third kappa shape index (κ3) is 3.09. The fourth-order valence-electron chi connectivity index (χ4n) is 3.43. The van der Waals surface area contributed by atoms with Crippen molar-refractivity contribution in [1.29, 1.82) is 0 Å². The Kier molecular flexibility index (Phi) is 4.61. The summed E-state index contributed by atoms with van der Waals surface area (Å²) in [6, 6.07) is 2.20. The number of rotatable bonds is 5. The van der Waals surface area contributed by atoms with Crippen molar-refractivity contribution in [2.24, 2.45) is 0 Å². The summed E-state index contributed by atoms with van der Waals surface area (Å²) in [4.78, 5) is 2.64. The van der Waals surface area contributed by atoms with Gasteiger partial charge in [-0.05, 0) is 39.2 Å². The molecule has 4 atom stereocenters. The van der Waals surface area contributed by atoms with Gasteiger partial charge in [0.15, 0.2) is 0 Å². The molecule has 2 aliphatic heterocycles. The minimum Gasteiger partial charge on any atom is -0.314 e. The fraction of sp³-hybridized carbons (Fsp3) is 1.00. The molecule has 2 saturated heterocycles. The van der Waals surface area contributed by atoms with Crippen LogP contribution in [0.4, 0.5) is 0 Å². The van der Waals surface area contributed by atoms with Crippen molar-refractivity contribution in [1.82, 2.24) is 10.2 Å². The minimum atomic E-state index is -0.684. The standard InChI is InChI=1S/C13H26N2OS/c1-4-14-11-7-12-5-6-13(8-11)15(12)9-10(2)17(3)16/h10-14H,4-9H2,1-3H3. The highest BCUT2D eigenvalue weighted by atomic mass is 32.2. The smallest absolute Gasteiger partial charge is 0.0444 e. The number of nitrogens with zero attached hydrogens (tertiary/aromatic N) is 1. The molecule has 2 bridgehead atoms. The molecule has 4 unspecified atom stereocenters. The second kappa shape index (κ2) is 5.81. The van der Waals surface area contributed by atoms with E-state index in [4.69, 9.17) is 0 Å². The van der Waals surface area contributed by atoms with Crippen LogP contribution in [0.2, 0.25) is 0 Å². The molecule has 0 aromatic carbocycles.